The fraction of sp³-hybridized carbons (Fsp3) is 0.167. The Kier molecular flexibility index (Phi) is 3.65. The largest absolute Gasteiger partial charge is 0.450 e. The highest BCUT2D eigenvalue weighted by Crippen LogP contribution is 1.92. The summed E-state index contributed by atoms with van der Waals surface area (Å²) < 4.78 is 8.39. The van der Waals surface area contributed by atoms with Crippen molar-refractivity contribution in [2.24, 2.45) is 0 Å². The minimum absolute atomic E-state index is 0. The number of ether oxygens (including phenoxy) is 2. The third-order valence-corrected chi connectivity index (χ3v) is 0.902. The fourth-order valence-corrected chi connectivity index (χ4v) is 0.490. The monoisotopic (exact) mass is 174 g/mol. The summed E-state index contributed by atoms with van der Waals surface area (Å²) in [4.78, 5) is 31.3. The molecule has 12 heavy (non-hydrogen) atoms. The molecular weight excluding hydrogens is 168 g/mol. The Morgan fingerprint density at radius 3 is 2.33 bits per heavy atom. The van der Waals surface area contributed by atoms with Gasteiger partial charge in [0.25, 0.3) is 0 Å². The third-order valence-electron chi connectivity index (χ3n) is 0.902. The first-order valence-corrected chi connectivity index (χ1v) is 2.78. The van der Waals surface area contributed by atoms with E-state index >= 15 is 0 Å². The van der Waals surface area contributed by atoms with E-state index in [0.29, 0.717) is 0 Å². The summed E-state index contributed by atoms with van der Waals surface area (Å²) in [5, 5.41) is 0. The van der Waals surface area contributed by atoms with Crippen LogP contribution in [-0.4, -0.2) is 30.0 Å². The second-order valence-corrected chi connectivity index (χ2v) is 1.73. The molecule has 0 aromatic heterocycles. The molecule has 0 saturated heterocycles. The molecule has 0 spiro atoms. The number of rotatable bonds is 0. The van der Waals surface area contributed by atoms with Crippen LogP contribution >= 0.6 is 0 Å². The summed E-state index contributed by atoms with van der Waals surface area (Å²) in [6.07, 6.45) is 1.73. The van der Waals surface area contributed by atoms with Gasteiger partial charge in [-0.25, -0.2) is 14.4 Å². The second-order valence-electron chi connectivity index (χ2n) is 1.73. The lowest BCUT2D eigenvalue weighted by Crippen LogP contribution is -2.20. The van der Waals surface area contributed by atoms with Gasteiger partial charge < -0.3 is 14.9 Å². The molecule has 0 fully saturated rings. The maximum atomic E-state index is 10.5. The van der Waals surface area contributed by atoms with Crippen molar-refractivity contribution >= 4 is 17.9 Å². The van der Waals surface area contributed by atoms with E-state index in [1.807, 2.05) is 0 Å². The highest BCUT2D eigenvalue weighted by molar-refractivity contribution is 5.99. The average Bonchev–Trinajstić information content (AvgIpc) is 1.95. The van der Waals surface area contributed by atoms with Crippen molar-refractivity contribution in [3.05, 3.63) is 12.2 Å². The molecular formula is C6H6O6. The van der Waals surface area contributed by atoms with Gasteiger partial charge in [-0.15, -0.1) is 0 Å². The number of carbonyl (C=O) groups is 3. The molecule has 1 heterocycles. The van der Waals surface area contributed by atoms with Crippen molar-refractivity contribution in [1.29, 1.82) is 0 Å². The summed E-state index contributed by atoms with van der Waals surface area (Å²) in [6, 6.07) is 0. The molecule has 0 unspecified atom stereocenters. The molecule has 1 aliphatic rings. The van der Waals surface area contributed by atoms with Gasteiger partial charge in [-0.1, -0.05) is 0 Å². The van der Waals surface area contributed by atoms with E-state index in [9.17, 15) is 14.4 Å². The molecule has 2 N–H and O–H groups in total. The SMILES string of the molecule is O.O=C1/C=C/C(=O)OC(=O)CO1. The smallest absolute Gasteiger partial charge is 0.352 e. The first-order valence-electron chi connectivity index (χ1n) is 2.78. The van der Waals surface area contributed by atoms with Gasteiger partial charge in [-0.3, -0.25) is 0 Å². The van der Waals surface area contributed by atoms with Gasteiger partial charge in [0.05, 0.1) is 0 Å². The van der Waals surface area contributed by atoms with Crippen molar-refractivity contribution < 1.29 is 29.3 Å². The summed E-state index contributed by atoms with van der Waals surface area (Å²) >= 11 is 0. The molecule has 0 atom stereocenters. The normalized spacial score (nSPS) is 19.5. The van der Waals surface area contributed by atoms with Crippen LogP contribution < -0.4 is 0 Å². The molecule has 1 rings (SSSR count). The predicted octanol–water partition coefficient (Wildman–Crippen LogP) is -1.66. The molecule has 0 radical (unpaired) electrons. The molecule has 0 aliphatic carbocycles. The van der Waals surface area contributed by atoms with Crippen molar-refractivity contribution in [2.75, 3.05) is 6.61 Å². The van der Waals surface area contributed by atoms with Gasteiger partial charge in [-0.2, -0.15) is 0 Å². The van der Waals surface area contributed by atoms with E-state index in [4.69, 9.17) is 0 Å². The first kappa shape index (κ1) is 10.3. The maximum Gasteiger partial charge on any atom is 0.352 e. The average molecular weight is 174 g/mol. The van der Waals surface area contributed by atoms with Gasteiger partial charge >= 0.3 is 17.9 Å². The minimum atomic E-state index is -0.868. The Hall–Kier alpha value is -1.69. The Morgan fingerprint density at radius 2 is 1.67 bits per heavy atom. The summed E-state index contributed by atoms with van der Waals surface area (Å²) in [6.45, 7) is -0.519. The molecule has 0 bridgehead atoms. The van der Waals surface area contributed by atoms with Crippen LogP contribution in [0.5, 0.6) is 0 Å². The zero-order valence-corrected chi connectivity index (χ0v) is 5.90. The van der Waals surface area contributed by atoms with E-state index in [2.05, 4.69) is 9.47 Å². The van der Waals surface area contributed by atoms with Crippen LogP contribution in [-0.2, 0) is 23.9 Å². The lowest BCUT2D eigenvalue weighted by atomic mass is 10.5. The summed E-state index contributed by atoms with van der Waals surface area (Å²) in [5.41, 5.74) is 0. The lowest BCUT2D eigenvalue weighted by molar-refractivity contribution is -0.164. The van der Waals surface area contributed by atoms with E-state index < -0.39 is 24.5 Å². The molecule has 6 nitrogen and oxygen atoms in total. The molecule has 0 aromatic rings. The number of esters is 3. The molecule has 0 amide bonds. The van der Waals surface area contributed by atoms with Crippen molar-refractivity contribution in [1.82, 2.24) is 0 Å². The highest BCUT2D eigenvalue weighted by atomic mass is 16.6. The van der Waals surface area contributed by atoms with Crippen LogP contribution in [0.1, 0.15) is 0 Å². The summed E-state index contributed by atoms with van der Waals surface area (Å²) in [5.74, 6) is -2.45. The molecule has 6 heteroatoms. The zero-order chi connectivity index (χ0) is 8.27. The topological polar surface area (TPSA) is 101 Å². The molecule has 1 aliphatic heterocycles. The Bertz CT molecular complexity index is 240. The van der Waals surface area contributed by atoms with E-state index in [-0.39, 0.29) is 5.48 Å². The van der Waals surface area contributed by atoms with Gasteiger partial charge in [0, 0.05) is 12.2 Å². The van der Waals surface area contributed by atoms with Crippen LogP contribution in [0.25, 0.3) is 0 Å². The maximum absolute atomic E-state index is 10.5. The number of hydrogen-bond donors (Lipinski definition) is 0. The van der Waals surface area contributed by atoms with E-state index in [0.717, 1.165) is 12.2 Å². The molecule has 0 aromatic carbocycles. The van der Waals surface area contributed by atoms with Gasteiger partial charge in [0.1, 0.15) is 0 Å². The minimum Gasteiger partial charge on any atom is -0.450 e. The Morgan fingerprint density at radius 1 is 1.08 bits per heavy atom. The number of hydrogen-bond acceptors (Lipinski definition) is 5. The third kappa shape index (κ3) is 2.93. The Balaban J connectivity index is 0.00000121. The highest BCUT2D eigenvalue weighted by Gasteiger charge is 2.13. The second kappa shape index (κ2) is 4.24. The van der Waals surface area contributed by atoms with Crippen molar-refractivity contribution in [2.45, 2.75) is 0 Å². The summed E-state index contributed by atoms with van der Waals surface area (Å²) in [7, 11) is 0. The standard InChI is InChI=1S/C6H4O5.H2O/c7-4-1-2-5(8)11-6(9)3-10-4;/h1-2H,3H2;1H2/b2-1+;. The first-order chi connectivity index (χ1) is 5.18. The van der Waals surface area contributed by atoms with E-state index in [1.54, 1.807) is 0 Å². The quantitative estimate of drug-likeness (QED) is 0.323. The van der Waals surface area contributed by atoms with Gasteiger partial charge in [0.2, 0.25) is 0 Å². The fourth-order valence-electron chi connectivity index (χ4n) is 0.490. The predicted molar refractivity (Wildman–Crippen MR) is 34.8 cm³/mol. The van der Waals surface area contributed by atoms with E-state index in [1.165, 1.54) is 0 Å². The van der Waals surface area contributed by atoms with Crippen molar-refractivity contribution in [3.63, 3.8) is 0 Å². The van der Waals surface area contributed by atoms with Crippen LogP contribution in [0, 0.1) is 0 Å². The van der Waals surface area contributed by atoms with Gasteiger partial charge in [0.15, 0.2) is 6.61 Å². The van der Waals surface area contributed by atoms with Gasteiger partial charge in [-0.05, 0) is 0 Å². The molecule has 66 valence electrons. The van der Waals surface area contributed by atoms with Crippen LogP contribution in [0.2, 0.25) is 0 Å². The lowest BCUT2D eigenvalue weighted by Gasteiger charge is -2.03. The van der Waals surface area contributed by atoms with Crippen LogP contribution in [0.4, 0.5) is 0 Å². The zero-order valence-electron chi connectivity index (χ0n) is 5.90. The van der Waals surface area contributed by atoms with Crippen molar-refractivity contribution in [3.8, 4) is 0 Å². The van der Waals surface area contributed by atoms with Crippen LogP contribution in [0.15, 0.2) is 12.2 Å². The van der Waals surface area contributed by atoms with Crippen LogP contribution in [0.3, 0.4) is 0 Å². The number of cyclic esters (lactones) is 3. The Labute approximate surface area is 67.1 Å². The number of carbonyl (C=O) groups excluding carboxylic acids is 3. The molecule has 0 saturated carbocycles.